The van der Waals surface area contributed by atoms with Gasteiger partial charge in [-0.3, -0.25) is 19.1 Å². The number of amides is 3. The SMILES string of the molecule is COc1ccc2c(c1)C(c1ccc(Cl)cc1)=N[C@@H](CC(=O)NCC(=O)NCCN(C(=O)O)C(C)(C)C)c1nnc(C)n1-2. The highest BCUT2D eigenvalue weighted by Gasteiger charge is 2.30. The zero-order valence-corrected chi connectivity index (χ0v) is 24.9. The molecular formula is C29H34ClN7O5. The average molecular weight is 596 g/mol. The Kier molecular flexibility index (Phi) is 9.15. The molecule has 1 aliphatic rings. The fraction of sp³-hybridized carbons (Fsp3) is 0.379. The predicted octanol–water partition coefficient (Wildman–Crippen LogP) is 3.53. The maximum Gasteiger partial charge on any atom is 0.407 e. The van der Waals surface area contributed by atoms with Crippen molar-refractivity contribution in [2.24, 2.45) is 4.99 Å². The van der Waals surface area contributed by atoms with Gasteiger partial charge in [-0.15, -0.1) is 10.2 Å². The zero-order chi connectivity index (χ0) is 30.6. The Hall–Kier alpha value is -4.45. The Morgan fingerprint density at radius 1 is 1.07 bits per heavy atom. The second kappa shape index (κ2) is 12.6. The number of nitrogens with one attached hydrogen (secondary N) is 2. The number of carbonyl (C=O) groups is 3. The number of carboxylic acid groups (broad SMARTS) is 1. The van der Waals surface area contributed by atoms with Crippen molar-refractivity contribution >= 4 is 35.2 Å². The molecule has 1 atom stereocenters. The second-order valence-corrected chi connectivity index (χ2v) is 11.2. The molecule has 0 radical (unpaired) electrons. The summed E-state index contributed by atoms with van der Waals surface area (Å²) in [5.41, 5.74) is 2.37. The van der Waals surface area contributed by atoms with E-state index in [0.29, 0.717) is 28.1 Å². The minimum absolute atomic E-state index is 0.0928. The Labute approximate surface area is 248 Å². The number of hydrogen-bond acceptors (Lipinski definition) is 7. The molecule has 0 aliphatic carbocycles. The molecule has 0 saturated carbocycles. The first kappa shape index (κ1) is 30.5. The number of carbonyl (C=O) groups excluding carboxylic acids is 2. The zero-order valence-electron chi connectivity index (χ0n) is 24.1. The van der Waals surface area contributed by atoms with Crippen LogP contribution in [0.4, 0.5) is 4.79 Å². The number of aromatic nitrogens is 3. The number of ether oxygens (including phenoxy) is 1. The fourth-order valence-electron chi connectivity index (χ4n) is 4.69. The first-order valence-electron chi connectivity index (χ1n) is 13.4. The summed E-state index contributed by atoms with van der Waals surface area (Å²) >= 11 is 6.15. The summed E-state index contributed by atoms with van der Waals surface area (Å²) in [6.07, 6.45) is -1.17. The maximum absolute atomic E-state index is 13.1. The van der Waals surface area contributed by atoms with E-state index >= 15 is 0 Å². The Morgan fingerprint density at radius 2 is 1.79 bits per heavy atom. The van der Waals surface area contributed by atoms with Crippen LogP contribution in [-0.4, -0.2) is 80.7 Å². The standard InChI is InChI=1S/C29H34ClN7O5/c1-17-34-35-27-22(15-24(38)32-16-25(39)31-12-13-36(28(40)41)29(2,3)4)33-26(18-6-8-19(30)9-7-18)21-14-20(42-5)10-11-23(21)37(17)27/h6-11,14,22H,12-13,15-16H2,1-5H3,(H,31,39)(H,32,38)(H,40,41)/t22-/m0/s1. The van der Waals surface area contributed by atoms with Crippen molar-refractivity contribution in [2.45, 2.75) is 45.7 Å². The van der Waals surface area contributed by atoms with Crippen LogP contribution in [0.2, 0.25) is 5.02 Å². The molecule has 3 N–H and O–H groups in total. The number of halogens is 1. The number of nitrogens with zero attached hydrogens (tertiary/aromatic N) is 5. The lowest BCUT2D eigenvalue weighted by Gasteiger charge is -2.33. The fourth-order valence-corrected chi connectivity index (χ4v) is 4.82. The van der Waals surface area contributed by atoms with Crippen LogP contribution in [-0.2, 0) is 9.59 Å². The summed E-state index contributed by atoms with van der Waals surface area (Å²) in [6, 6.07) is 12.2. The van der Waals surface area contributed by atoms with Gasteiger partial charge in [0.05, 0.1) is 31.5 Å². The van der Waals surface area contributed by atoms with Gasteiger partial charge in [-0.25, -0.2) is 4.79 Å². The monoisotopic (exact) mass is 595 g/mol. The molecule has 13 heteroatoms. The summed E-state index contributed by atoms with van der Waals surface area (Å²) in [5.74, 6) is 0.899. The van der Waals surface area contributed by atoms with Crippen LogP contribution in [0.15, 0.2) is 47.5 Å². The highest BCUT2D eigenvalue weighted by Crippen LogP contribution is 2.34. The van der Waals surface area contributed by atoms with E-state index in [1.165, 1.54) is 4.90 Å². The minimum Gasteiger partial charge on any atom is -0.497 e. The van der Waals surface area contributed by atoms with E-state index in [1.807, 2.05) is 41.8 Å². The molecule has 3 amide bonds. The number of benzene rings is 2. The lowest BCUT2D eigenvalue weighted by molar-refractivity contribution is -0.126. The van der Waals surface area contributed by atoms with Gasteiger partial charge in [-0.05, 0) is 58.0 Å². The van der Waals surface area contributed by atoms with Crippen molar-refractivity contribution in [3.63, 3.8) is 0 Å². The van der Waals surface area contributed by atoms with Crippen LogP contribution >= 0.6 is 11.6 Å². The third-order valence-electron chi connectivity index (χ3n) is 6.77. The number of rotatable bonds is 9. The quantitative estimate of drug-likeness (QED) is 0.342. The molecule has 42 heavy (non-hydrogen) atoms. The van der Waals surface area contributed by atoms with E-state index in [2.05, 4.69) is 20.8 Å². The third-order valence-corrected chi connectivity index (χ3v) is 7.03. The van der Waals surface area contributed by atoms with Crippen LogP contribution in [0.5, 0.6) is 5.75 Å². The van der Waals surface area contributed by atoms with Crippen molar-refractivity contribution in [1.29, 1.82) is 0 Å². The van der Waals surface area contributed by atoms with Gasteiger partial charge in [-0.1, -0.05) is 23.7 Å². The van der Waals surface area contributed by atoms with Crippen LogP contribution in [0.1, 0.15) is 56.0 Å². The van der Waals surface area contributed by atoms with Gasteiger partial charge in [0.15, 0.2) is 5.82 Å². The predicted molar refractivity (Wildman–Crippen MR) is 158 cm³/mol. The van der Waals surface area contributed by atoms with Gasteiger partial charge in [0.25, 0.3) is 0 Å². The highest BCUT2D eigenvalue weighted by molar-refractivity contribution is 6.30. The lowest BCUT2D eigenvalue weighted by atomic mass is 10.00. The summed E-state index contributed by atoms with van der Waals surface area (Å²) in [6.45, 7) is 7.09. The first-order chi connectivity index (χ1) is 19.9. The van der Waals surface area contributed by atoms with E-state index in [-0.39, 0.29) is 26.1 Å². The van der Waals surface area contributed by atoms with E-state index in [9.17, 15) is 19.5 Å². The first-order valence-corrected chi connectivity index (χ1v) is 13.7. The molecule has 222 valence electrons. The number of fused-ring (bicyclic) bond motifs is 3. The summed E-state index contributed by atoms with van der Waals surface area (Å²) in [7, 11) is 1.59. The van der Waals surface area contributed by atoms with E-state index in [0.717, 1.165) is 16.8 Å². The highest BCUT2D eigenvalue weighted by atomic mass is 35.5. The summed E-state index contributed by atoms with van der Waals surface area (Å²) in [4.78, 5) is 43.2. The number of methoxy groups -OCH3 is 1. The molecule has 0 fully saturated rings. The Balaban J connectivity index is 1.53. The molecular weight excluding hydrogens is 562 g/mol. The van der Waals surface area contributed by atoms with Gasteiger partial charge < -0.3 is 25.4 Å². The maximum atomic E-state index is 13.1. The molecule has 2 heterocycles. The summed E-state index contributed by atoms with van der Waals surface area (Å²) in [5, 5.41) is 23.9. The molecule has 2 aromatic carbocycles. The Bertz CT molecular complexity index is 1510. The Morgan fingerprint density at radius 3 is 2.43 bits per heavy atom. The van der Waals surface area contributed by atoms with E-state index in [1.54, 1.807) is 40.0 Å². The molecule has 1 aromatic heterocycles. The lowest BCUT2D eigenvalue weighted by Crippen LogP contribution is -2.49. The topological polar surface area (TPSA) is 151 Å². The van der Waals surface area contributed by atoms with Crippen LogP contribution < -0.4 is 15.4 Å². The largest absolute Gasteiger partial charge is 0.497 e. The van der Waals surface area contributed by atoms with Crippen LogP contribution in [0, 0.1) is 6.92 Å². The molecule has 1 aliphatic heterocycles. The number of aliphatic imine (C=N–C) groups is 1. The third kappa shape index (κ3) is 6.88. The second-order valence-electron chi connectivity index (χ2n) is 10.8. The van der Waals surface area contributed by atoms with Crippen LogP contribution in [0.3, 0.4) is 0 Å². The smallest absolute Gasteiger partial charge is 0.407 e. The van der Waals surface area contributed by atoms with Gasteiger partial charge in [-0.2, -0.15) is 0 Å². The van der Waals surface area contributed by atoms with Crippen molar-refractivity contribution in [2.75, 3.05) is 26.7 Å². The van der Waals surface area contributed by atoms with Gasteiger partial charge >= 0.3 is 6.09 Å². The minimum atomic E-state index is -1.07. The molecule has 12 nitrogen and oxygen atoms in total. The van der Waals surface area contributed by atoms with Crippen LogP contribution in [0.25, 0.3) is 5.69 Å². The molecule has 3 aromatic rings. The molecule has 0 spiro atoms. The number of hydrogen-bond donors (Lipinski definition) is 3. The van der Waals surface area contributed by atoms with Crippen molar-refractivity contribution in [3.05, 3.63) is 70.3 Å². The molecule has 0 unspecified atom stereocenters. The van der Waals surface area contributed by atoms with E-state index in [4.69, 9.17) is 21.3 Å². The van der Waals surface area contributed by atoms with Crippen molar-refractivity contribution in [1.82, 2.24) is 30.3 Å². The normalized spacial score (nSPS) is 14.1. The van der Waals surface area contributed by atoms with E-state index < -0.39 is 29.5 Å². The van der Waals surface area contributed by atoms with Crippen molar-refractivity contribution in [3.8, 4) is 11.4 Å². The average Bonchev–Trinajstić information content (AvgIpc) is 3.26. The molecule has 0 saturated heterocycles. The van der Waals surface area contributed by atoms with Gasteiger partial charge in [0.1, 0.15) is 17.6 Å². The molecule has 0 bridgehead atoms. The van der Waals surface area contributed by atoms with Crippen molar-refractivity contribution < 1.29 is 24.2 Å². The molecule has 4 rings (SSSR count). The summed E-state index contributed by atoms with van der Waals surface area (Å²) < 4.78 is 7.36. The van der Waals surface area contributed by atoms with Gasteiger partial charge in [0, 0.05) is 34.8 Å². The number of aryl methyl sites for hydroxylation is 1. The van der Waals surface area contributed by atoms with Gasteiger partial charge in [0.2, 0.25) is 11.8 Å².